The molecule has 1 aromatic rings. The highest BCUT2D eigenvalue weighted by Gasteiger charge is 2.21. The molecule has 1 fully saturated rings. The minimum absolute atomic E-state index is 0.0222. The zero-order valence-electron chi connectivity index (χ0n) is 14.0. The molecule has 0 aliphatic carbocycles. The summed E-state index contributed by atoms with van der Waals surface area (Å²) >= 11 is 7.61. The summed E-state index contributed by atoms with van der Waals surface area (Å²) < 4.78 is 0. The number of halogens is 1. The molecule has 0 atom stereocenters. The number of amides is 2. The molecule has 1 heterocycles. The van der Waals surface area contributed by atoms with Gasteiger partial charge in [-0.15, -0.1) is 11.8 Å². The van der Waals surface area contributed by atoms with Crippen LogP contribution in [0.25, 0.3) is 0 Å². The first kappa shape index (κ1) is 19.1. The van der Waals surface area contributed by atoms with Gasteiger partial charge in [0, 0.05) is 49.6 Å². The largest absolute Gasteiger partial charge is 0.358 e. The number of hydrogen-bond donors (Lipinski definition) is 1. The summed E-state index contributed by atoms with van der Waals surface area (Å²) in [6.07, 6.45) is 1.45. The third-order valence-corrected chi connectivity index (χ3v) is 5.34. The second-order valence-electron chi connectivity index (χ2n) is 5.74. The predicted molar refractivity (Wildman–Crippen MR) is 98.5 cm³/mol. The van der Waals surface area contributed by atoms with Gasteiger partial charge in [0.15, 0.2) is 0 Å². The third kappa shape index (κ3) is 6.34. The van der Waals surface area contributed by atoms with Crippen molar-refractivity contribution in [2.75, 3.05) is 45.5 Å². The van der Waals surface area contributed by atoms with E-state index >= 15 is 0 Å². The molecule has 0 spiro atoms. The van der Waals surface area contributed by atoms with Crippen LogP contribution in [0, 0.1) is 0 Å². The summed E-state index contributed by atoms with van der Waals surface area (Å²) in [5.41, 5.74) is 0. The number of carbonyl (C=O) groups is 2. The minimum Gasteiger partial charge on any atom is -0.358 e. The first-order chi connectivity index (χ1) is 11.6. The zero-order chi connectivity index (χ0) is 17.4. The van der Waals surface area contributed by atoms with E-state index in [0.717, 1.165) is 30.3 Å². The number of piperazine rings is 1. The minimum atomic E-state index is 0.0222. The van der Waals surface area contributed by atoms with Crippen molar-refractivity contribution >= 4 is 35.2 Å². The molecule has 7 heteroatoms. The molecular weight excluding hydrogens is 346 g/mol. The van der Waals surface area contributed by atoms with Crippen LogP contribution >= 0.6 is 23.4 Å². The second kappa shape index (κ2) is 9.91. The van der Waals surface area contributed by atoms with Crippen molar-refractivity contribution < 1.29 is 9.59 Å². The van der Waals surface area contributed by atoms with Crippen molar-refractivity contribution in [3.63, 3.8) is 0 Å². The van der Waals surface area contributed by atoms with E-state index in [2.05, 4.69) is 10.2 Å². The molecule has 5 nitrogen and oxygen atoms in total. The lowest BCUT2D eigenvalue weighted by atomic mass is 10.2. The summed E-state index contributed by atoms with van der Waals surface area (Å²) in [7, 11) is 1.64. The highest BCUT2D eigenvalue weighted by atomic mass is 35.5. The Kier molecular flexibility index (Phi) is 7.88. The van der Waals surface area contributed by atoms with E-state index < -0.39 is 0 Å². The molecule has 132 valence electrons. The SMILES string of the molecule is CNC(=O)CN1CCN(C(=O)CCCSc2ccc(Cl)cc2)CC1. The normalized spacial score (nSPS) is 15.3. The predicted octanol–water partition coefficient (Wildman–Crippen LogP) is 2.10. The maximum Gasteiger partial charge on any atom is 0.233 e. The van der Waals surface area contributed by atoms with Crippen molar-refractivity contribution in [1.82, 2.24) is 15.1 Å². The Morgan fingerprint density at radius 2 is 1.83 bits per heavy atom. The Bertz CT molecular complexity index is 545. The Balaban J connectivity index is 1.61. The van der Waals surface area contributed by atoms with E-state index in [0.29, 0.717) is 26.1 Å². The van der Waals surface area contributed by atoms with Gasteiger partial charge in [0.05, 0.1) is 6.54 Å². The van der Waals surface area contributed by atoms with Gasteiger partial charge in [-0.25, -0.2) is 0 Å². The van der Waals surface area contributed by atoms with Crippen LogP contribution in [0.3, 0.4) is 0 Å². The maximum atomic E-state index is 12.2. The topological polar surface area (TPSA) is 52.7 Å². The van der Waals surface area contributed by atoms with Crippen molar-refractivity contribution in [1.29, 1.82) is 0 Å². The van der Waals surface area contributed by atoms with Gasteiger partial charge in [-0.3, -0.25) is 14.5 Å². The first-order valence-electron chi connectivity index (χ1n) is 8.17. The Hall–Kier alpha value is -1.24. The van der Waals surface area contributed by atoms with Crippen molar-refractivity contribution in [3.8, 4) is 0 Å². The van der Waals surface area contributed by atoms with Crippen molar-refractivity contribution in [3.05, 3.63) is 29.3 Å². The Morgan fingerprint density at radius 3 is 2.46 bits per heavy atom. The van der Waals surface area contributed by atoms with E-state index in [1.165, 1.54) is 4.90 Å². The number of thioether (sulfide) groups is 1. The fraction of sp³-hybridized carbons (Fsp3) is 0.529. The lowest BCUT2D eigenvalue weighted by molar-refractivity contribution is -0.133. The number of benzene rings is 1. The van der Waals surface area contributed by atoms with Gasteiger partial charge in [-0.1, -0.05) is 11.6 Å². The molecule has 2 amide bonds. The number of rotatable bonds is 7. The second-order valence-corrected chi connectivity index (χ2v) is 7.34. The molecule has 24 heavy (non-hydrogen) atoms. The van der Waals surface area contributed by atoms with Crippen molar-refractivity contribution in [2.45, 2.75) is 17.7 Å². The average Bonchev–Trinajstić information content (AvgIpc) is 2.60. The number of likely N-dealkylation sites (N-methyl/N-ethyl adjacent to an activating group) is 1. The van der Waals surface area contributed by atoms with E-state index in [-0.39, 0.29) is 11.8 Å². The molecule has 0 bridgehead atoms. The van der Waals surface area contributed by atoms with Gasteiger partial charge in [-0.05, 0) is 36.4 Å². The van der Waals surface area contributed by atoms with Gasteiger partial charge in [0.2, 0.25) is 11.8 Å². The molecule has 0 aromatic heterocycles. The maximum absolute atomic E-state index is 12.2. The summed E-state index contributed by atoms with van der Waals surface area (Å²) in [5, 5.41) is 3.37. The summed E-state index contributed by atoms with van der Waals surface area (Å²) in [4.78, 5) is 28.8. The molecule has 1 N–H and O–H groups in total. The van der Waals surface area contributed by atoms with Crippen LogP contribution in [0.5, 0.6) is 0 Å². The molecule has 0 unspecified atom stereocenters. The molecule has 1 aromatic carbocycles. The number of nitrogens with one attached hydrogen (secondary N) is 1. The summed E-state index contributed by atoms with van der Waals surface area (Å²) in [6.45, 7) is 3.36. The molecule has 1 aliphatic heterocycles. The average molecular weight is 370 g/mol. The number of nitrogens with zero attached hydrogens (tertiary/aromatic N) is 2. The lowest BCUT2D eigenvalue weighted by Gasteiger charge is -2.34. The highest BCUT2D eigenvalue weighted by Crippen LogP contribution is 2.21. The van der Waals surface area contributed by atoms with E-state index in [9.17, 15) is 9.59 Å². The van der Waals surface area contributed by atoms with Crippen LogP contribution in [-0.2, 0) is 9.59 Å². The molecule has 2 rings (SSSR count). The van der Waals surface area contributed by atoms with Crippen LogP contribution in [-0.4, -0.2) is 67.1 Å². The van der Waals surface area contributed by atoms with Gasteiger partial charge in [0.25, 0.3) is 0 Å². The van der Waals surface area contributed by atoms with Crippen LogP contribution in [0.2, 0.25) is 5.02 Å². The van der Waals surface area contributed by atoms with E-state index in [4.69, 9.17) is 11.6 Å². The standard InChI is InChI=1S/C17H24ClN3O2S/c1-19-16(22)13-20-8-10-21(11-9-20)17(23)3-2-12-24-15-6-4-14(18)5-7-15/h4-7H,2-3,8-13H2,1H3,(H,19,22). The van der Waals surface area contributed by atoms with Gasteiger partial charge >= 0.3 is 0 Å². The van der Waals surface area contributed by atoms with Crippen LogP contribution < -0.4 is 5.32 Å². The third-order valence-electron chi connectivity index (χ3n) is 3.99. The quantitative estimate of drug-likeness (QED) is 0.590. The van der Waals surface area contributed by atoms with Gasteiger partial charge in [-0.2, -0.15) is 0 Å². The smallest absolute Gasteiger partial charge is 0.233 e. The highest BCUT2D eigenvalue weighted by molar-refractivity contribution is 7.99. The fourth-order valence-corrected chi connectivity index (χ4v) is 3.52. The molecule has 1 saturated heterocycles. The lowest BCUT2D eigenvalue weighted by Crippen LogP contribution is -2.50. The monoisotopic (exact) mass is 369 g/mol. The molecular formula is C17H24ClN3O2S. The number of carbonyl (C=O) groups excluding carboxylic acids is 2. The first-order valence-corrected chi connectivity index (χ1v) is 9.54. The van der Waals surface area contributed by atoms with Gasteiger partial charge < -0.3 is 10.2 Å². The van der Waals surface area contributed by atoms with Crippen LogP contribution in [0.15, 0.2) is 29.2 Å². The summed E-state index contributed by atoms with van der Waals surface area (Å²) in [6, 6.07) is 7.77. The van der Waals surface area contributed by atoms with E-state index in [1.807, 2.05) is 29.2 Å². The van der Waals surface area contributed by atoms with E-state index in [1.54, 1.807) is 18.8 Å². The van der Waals surface area contributed by atoms with Crippen LogP contribution in [0.4, 0.5) is 0 Å². The van der Waals surface area contributed by atoms with Crippen LogP contribution in [0.1, 0.15) is 12.8 Å². The Morgan fingerprint density at radius 1 is 1.17 bits per heavy atom. The fourth-order valence-electron chi connectivity index (χ4n) is 2.54. The van der Waals surface area contributed by atoms with Crippen molar-refractivity contribution in [2.24, 2.45) is 0 Å². The Labute approximate surface area is 152 Å². The zero-order valence-corrected chi connectivity index (χ0v) is 15.5. The number of hydrogen-bond acceptors (Lipinski definition) is 4. The van der Waals surface area contributed by atoms with Gasteiger partial charge in [0.1, 0.15) is 0 Å². The molecule has 0 radical (unpaired) electrons. The molecule has 1 aliphatic rings. The molecule has 0 saturated carbocycles. The summed E-state index contributed by atoms with van der Waals surface area (Å²) in [5.74, 6) is 1.16.